The van der Waals surface area contributed by atoms with Gasteiger partial charge in [-0.15, -0.1) is 0 Å². The average Bonchev–Trinajstić information content (AvgIpc) is 2.20. The standard InChI is InChI=1S/C9H17NO3.C2H6/c1-9(2,3)13-8(11)10-4-6-12-7-5-10;1-2/h4-7H2,1-3H3;1-2H3. The average molecular weight is 217 g/mol. The molecule has 0 atom stereocenters. The minimum Gasteiger partial charge on any atom is -0.444 e. The summed E-state index contributed by atoms with van der Waals surface area (Å²) in [6, 6.07) is 0. The topological polar surface area (TPSA) is 38.8 Å². The van der Waals surface area contributed by atoms with E-state index in [1.165, 1.54) is 0 Å². The number of ether oxygens (including phenoxy) is 2. The second kappa shape index (κ2) is 6.67. The number of carbonyl (C=O) groups excluding carboxylic acids is 1. The van der Waals surface area contributed by atoms with E-state index >= 15 is 0 Å². The van der Waals surface area contributed by atoms with Gasteiger partial charge in [-0.2, -0.15) is 0 Å². The minimum absolute atomic E-state index is 0.240. The monoisotopic (exact) mass is 217 g/mol. The minimum atomic E-state index is -0.407. The van der Waals surface area contributed by atoms with E-state index in [0.29, 0.717) is 26.3 Å². The van der Waals surface area contributed by atoms with Crippen LogP contribution in [0.2, 0.25) is 0 Å². The molecule has 0 aromatic heterocycles. The number of carbonyl (C=O) groups is 1. The van der Waals surface area contributed by atoms with Crippen molar-refractivity contribution in [1.82, 2.24) is 4.90 Å². The van der Waals surface area contributed by atoms with Crippen molar-refractivity contribution in [3.63, 3.8) is 0 Å². The normalized spacial score (nSPS) is 16.5. The summed E-state index contributed by atoms with van der Waals surface area (Å²) in [7, 11) is 0. The zero-order valence-corrected chi connectivity index (χ0v) is 10.5. The van der Waals surface area contributed by atoms with Crippen molar-refractivity contribution < 1.29 is 14.3 Å². The third-order valence-corrected chi connectivity index (χ3v) is 1.66. The molecule has 1 aliphatic rings. The molecule has 1 aliphatic heterocycles. The Kier molecular flexibility index (Phi) is 6.32. The molecule has 0 aromatic carbocycles. The largest absolute Gasteiger partial charge is 0.444 e. The van der Waals surface area contributed by atoms with Gasteiger partial charge >= 0.3 is 6.09 Å². The Bertz CT molecular complexity index is 181. The van der Waals surface area contributed by atoms with Crippen LogP contribution in [-0.4, -0.2) is 42.9 Å². The van der Waals surface area contributed by atoms with Crippen molar-refractivity contribution in [2.45, 2.75) is 40.2 Å². The molecule has 0 saturated carbocycles. The molecule has 0 bridgehead atoms. The molecule has 1 rings (SSSR count). The zero-order valence-electron chi connectivity index (χ0n) is 10.5. The molecule has 4 heteroatoms. The summed E-state index contributed by atoms with van der Waals surface area (Å²) in [5.74, 6) is 0. The number of amides is 1. The van der Waals surface area contributed by atoms with Crippen molar-refractivity contribution in [3.05, 3.63) is 0 Å². The molecule has 15 heavy (non-hydrogen) atoms. The van der Waals surface area contributed by atoms with Gasteiger partial charge in [-0.3, -0.25) is 0 Å². The molecule has 1 heterocycles. The van der Waals surface area contributed by atoms with E-state index in [9.17, 15) is 4.79 Å². The molecular weight excluding hydrogens is 194 g/mol. The molecule has 1 fully saturated rings. The van der Waals surface area contributed by atoms with E-state index in [2.05, 4.69) is 0 Å². The van der Waals surface area contributed by atoms with Crippen molar-refractivity contribution >= 4 is 6.09 Å². The highest BCUT2D eigenvalue weighted by molar-refractivity contribution is 5.68. The summed E-state index contributed by atoms with van der Waals surface area (Å²) in [4.78, 5) is 13.1. The molecule has 0 N–H and O–H groups in total. The van der Waals surface area contributed by atoms with Crippen molar-refractivity contribution in [1.29, 1.82) is 0 Å². The van der Waals surface area contributed by atoms with E-state index in [4.69, 9.17) is 9.47 Å². The first-order valence-electron chi connectivity index (χ1n) is 5.55. The molecule has 0 radical (unpaired) electrons. The Morgan fingerprint density at radius 1 is 1.20 bits per heavy atom. The van der Waals surface area contributed by atoms with Gasteiger partial charge in [0.2, 0.25) is 0 Å². The molecule has 0 spiro atoms. The smallest absolute Gasteiger partial charge is 0.410 e. The lowest BCUT2D eigenvalue weighted by molar-refractivity contribution is -0.00676. The van der Waals surface area contributed by atoms with Crippen LogP contribution in [0.4, 0.5) is 4.79 Å². The highest BCUT2D eigenvalue weighted by atomic mass is 16.6. The van der Waals surface area contributed by atoms with Gasteiger partial charge in [-0.1, -0.05) is 13.8 Å². The van der Waals surface area contributed by atoms with Gasteiger partial charge in [0.25, 0.3) is 0 Å². The first-order valence-corrected chi connectivity index (χ1v) is 5.55. The van der Waals surface area contributed by atoms with Gasteiger partial charge in [0.15, 0.2) is 0 Å². The summed E-state index contributed by atoms with van der Waals surface area (Å²) in [5, 5.41) is 0. The van der Waals surface area contributed by atoms with Crippen molar-refractivity contribution in [2.75, 3.05) is 26.3 Å². The van der Waals surface area contributed by atoms with E-state index in [0.717, 1.165) is 0 Å². The number of nitrogens with zero attached hydrogens (tertiary/aromatic N) is 1. The number of morpholine rings is 1. The molecule has 4 nitrogen and oxygen atoms in total. The van der Waals surface area contributed by atoms with E-state index in [-0.39, 0.29) is 6.09 Å². The fourth-order valence-electron chi connectivity index (χ4n) is 1.07. The number of hydrogen-bond acceptors (Lipinski definition) is 3. The van der Waals surface area contributed by atoms with Gasteiger partial charge in [-0.05, 0) is 20.8 Å². The first kappa shape index (κ1) is 14.2. The third kappa shape index (κ3) is 6.33. The second-order valence-corrected chi connectivity index (χ2v) is 4.08. The van der Waals surface area contributed by atoms with Crippen LogP contribution in [0.25, 0.3) is 0 Å². The Hall–Kier alpha value is -0.770. The predicted octanol–water partition coefficient (Wildman–Crippen LogP) is 2.28. The Morgan fingerprint density at radius 2 is 1.67 bits per heavy atom. The Labute approximate surface area is 92.5 Å². The van der Waals surface area contributed by atoms with Crippen LogP contribution >= 0.6 is 0 Å². The summed E-state index contributed by atoms with van der Waals surface area (Å²) in [6.45, 7) is 12.1. The summed E-state index contributed by atoms with van der Waals surface area (Å²) in [5.41, 5.74) is -0.407. The van der Waals surface area contributed by atoms with Crippen LogP contribution in [0.15, 0.2) is 0 Å². The molecule has 1 saturated heterocycles. The summed E-state index contributed by atoms with van der Waals surface area (Å²) in [6.07, 6.45) is -0.240. The molecular formula is C11H23NO3. The number of hydrogen-bond donors (Lipinski definition) is 0. The maximum absolute atomic E-state index is 11.5. The fourth-order valence-corrected chi connectivity index (χ4v) is 1.07. The van der Waals surface area contributed by atoms with E-state index in [1.807, 2.05) is 34.6 Å². The summed E-state index contributed by atoms with van der Waals surface area (Å²) < 4.78 is 10.3. The van der Waals surface area contributed by atoms with Crippen molar-refractivity contribution in [3.8, 4) is 0 Å². The van der Waals surface area contributed by atoms with Crippen LogP contribution < -0.4 is 0 Å². The van der Waals surface area contributed by atoms with Crippen molar-refractivity contribution in [2.24, 2.45) is 0 Å². The highest BCUT2D eigenvalue weighted by Gasteiger charge is 2.23. The fraction of sp³-hybridized carbons (Fsp3) is 0.909. The lowest BCUT2D eigenvalue weighted by Crippen LogP contribution is -2.43. The lowest BCUT2D eigenvalue weighted by atomic mass is 10.2. The van der Waals surface area contributed by atoms with Crippen LogP contribution in [0.5, 0.6) is 0 Å². The molecule has 90 valence electrons. The number of rotatable bonds is 0. The Morgan fingerprint density at radius 3 is 2.07 bits per heavy atom. The van der Waals surface area contributed by atoms with Crippen LogP contribution in [-0.2, 0) is 9.47 Å². The van der Waals surface area contributed by atoms with Gasteiger partial charge in [0, 0.05) is 13.1 Å². The third-order valence-electron chi connectivity index (χ3n) is 1.66. The van der Waals surface area contributed by atoms with Crippen LogP contribution in [0, 0.1) is 0 Å². The van der Waals surface area contributed by atoms with E-state index < -0.39 is 5.60 Å². The first-order chi connectivity index (χ1) is 6.99. The quantitative estimate of drug-likeness (QED) is 0.625. The van der Waals surface area contributed by atoms with Crippen LogP contribution in [0.1, 0.15) is 34.6 Å². The molecule has 0 aliphatic carbocycles. The SMILES string of the molecule is CC.CC(C)(C)OC(=O)N1CCOCC1. The maximum atomic E-state index is 11.5. The lowest BCUT2D eigenvalue weighted by Gasteiger charge is -2.29. The second-order valence-electron chi connectivity index (χ2n) is 4.08. The Balaban J connectivity index is 0.000000921. The zero-order chi connectivity index (χ0) is 11.9. The molecule has 0 aromatic rings. The van der Waals surface area contributed by atoms with Gasteiger partial charge < -0.3 is 14.4 Å². The van der Waals surface area contributed by atoms with Crippen LogP contribution in [0.3, 0.4) is 0 Å². The van der Waals surface area contributed by atoms with E-state index in [1.54, 1.807) is 4.90 Å². The maximum Gasteiger partial charge on any atom is 0.410 e. The predicted molar refractivity (Wildman–Crippen MR) is 60.0 cm³/mol. The van der Waals surface area contributed by atoms with Gasteiger partial charge in [0.1, 0.15) is 5.60 Å². The molecule has 0 unspecified atom stereocenters. The van der Waals surface area contributed by atoms with Gasteiger partial charge in [-0.25, -0.2) is 4.79 Å². The van der Waals surface area contributed by atoms with Gasteiger partial charge in [0.05, 0.1) is 13.2 Å². The highest BCUT2D eigenvalue weighted by Crippen LogP contribution is 2.10. The molecule has 1 amide bonds. The summed E-state index contributed by atoms with van der Waals surface area (Å²) >= 11 is 0.